The first kappa shape index (κ1) is 16.9. The molecule has 1 aromatic rings. The molecule has 2 unspecified atom stereocenters. The molecule has 20 heavy (non-hydrogen) atoms. The van der Waals surface area contributed by atoms with Crippen LogP contribution in [0.15, 0.2) is 24.3 Å². The van der Waals surface area contributed by atoms with Crippen LogP contribution in [0.2, 0.25) is 0 Å². The summed E-state index contributed by atoms with van der Waals surface area (Å²) in [6.45, 7) is 3.19. The SMILES string of the molecule is CC(C)CC(CO)NC(C)c1ccccc1OC(F)F. The number of para-hydroxylation sites is 1. The maximum atomic E-state index is 12.4. The summed E-state index contributed by atoms with van der Waals surface area (Å²) in [5.74, 6) is 0.614. The lowest BCUT2D eigenvalue weighted by molar-refractivity contribution is -0.0507. The Bertz CT molecular complexity index is 399. The second kappa shape index (κ2) is 8.17. The normalized spacial score (nSPS) is 14.6. The summed E-state index contributed by atoms with van der Waals surface area (Å²) in [6, 6.07) is 6.47. The molecule has 3 nitrogen and oxygen atoms in total. The number of nitrogens with one attached hydrogen (secondary N) is 1. The first-order chi connectivity index (χ1) is 9.43. The lowest BCUT2D eigenvalue weighted by atomic mass is 10.0. The van der Waals surface area contributed by atoms with E-state index in [0.717, 1.165) is 6.42 Å². The first-order valence-corrected chi connectivity index (χ1v) is 6.84. The molecule has 114 valence electrons. The highest BCUT2D eigenvalue weighted by Crippen LogP contribution is 2.27. The third-order valence-electron chi connectivity index (χ3n) is 3.06. The molecule has 2 N–H and O–H groups in total. The van der Waals surface area contributed by atoms with E-state index in [0.29, 0.717) is 11.5 Å². The Balaban J connectivity index is 2.77. The van der Waals surface area contributed by atoms with E-state index in [4.69, 9.17) is 0 Å². The van der Waals surface area contributed by atoms with Crippen LogP contribution in [0, 0.1) is 5.92 Å². The van der Waals surface area contributed by atoms with Gasteiger partial charge < -0.3 is 15.2 Å². The van der Waals surface area contributed by atoms with Gasteiger partial charge in [-0.2, -0.15) is 8.78 Å². The second-order valence-electron chi connectivity index (χ2n) is 5.31. The molecule has 1 rings (SSSR count). The van der Waals surface area contributed by atoms with E-state index in [-0.39, 0.29) is 24.4 Å². The zero-order valence-corrected chi connectivity index (χ0v) is 12.1. The van der Waals surface area contributed by atoms with E-state index >= 15 is 0 Å². The fourth-order valence-corrected chi connectivity index (χ4v) is 2.25. The van der Waals surface area contributed by atoms with Gasteiger partial charge in [-0.3, -0.25) is 0 Å². The summed E-state index contributed by atoms with van der Waals surface area (Å²) >= 11 is 0. The Labute approximate surface area is 119 Å². The van der Waals surface area contributed by atoms with Gasteiger partial charge in [0.15, 0.2) is 0 Å². The zero-order chi connectivity index (χ0) is 15.1. The molecule has 0 bridgehead atoms. The van der Waals surface area contributed by atoms with Crippen LogP contribution < -0.4 is 10.1 Å². The number of hydrogen-bond acceptors (Lipinski definition) is 3. The minimum absolute atomic E-state index is 0.0143. The van der Waals surface area contributed by atoms with Gasteiger partial charge in [-0.25, -0.2) is 0 Å². The minimum Gasteiger partial charge on any atom is -0.434 e. The highest BCUT2D eigenvalue weighted by atomic mass is 19.3. The van der Waals surface area contributed by atoms with Crippen LogP contribution in [0.25, 0.3) is 0 Å². The monoisotopic (exact) mass is 287 g/mol. The van der Waals surface area contributed by atoms with Crippen molar-refractivity contribution in [3.63, 3.8) is 0 Å². The predicted molar refractivity (Wildman–Crippen MR) is 75.0 cm³/mol. The number of alkyl halides is 2. The van der Waals surface area contributed by atoms with Crippen molar-refractivity contribution in [3.05, 3.63) is 29.8 Å². The van der Waals surface area contributed by atoms with Crippen molar-refractivity contribution in [3.8, 4) is 5.75 Å². The maximum absolute atomic E-state index is 12.4. The fourth-order valence-electron chi connectivity index (χ4n) is 2.25. The van der Waals surface area contributed by atoms with Crippen molar-refractivity contribution >= 4 is 0 Å². The molecule has 0 aliphatic carbocycles. The quantitative estimate of drug-likeness (QED) is 0.770. The third kappa shape index (κ3) is 5.43. The van der Waals surface area contributed by atoms with E-state index in [1.807, 2.05) is 6.92 Å². The Hall–Kier alpha value is -1.20. The summed E-state index contributed by atoms with van der Waals surface area (Å²) in [7, 11) is 0. The molecule has 0 radical (unpaired) electrons. The van der Waals surface area contributed by atoms with Crippen LogP contribution in [0.1, 0.15) is 38.8 Å². The molecule has 0 aliphatic rings. The number of benzene rings is 1. The Morgan fingerprint density at radius 3 is 2.40 bits per heavy atom. The van der Waals surface area contributed by atoms with Crippen molar-refractivity contribution in [1.29, 1.82) is 0 Å². The van der Waals surface area contributed by atoms with Crippen molar-refractivity contribution < 1.29 is 18.6 Å². The summed E-state index contributed by atoms with van der Waals surface area (Å²) < 4.78 is 29.3. The van der Waals surface area contributed by atoms with Crippen molar-refractivity contribution in [1.82, 2.24) is 5.32 Å². The molecule has 0 fully saturated rings. The molecule has 2 atom stereocenters. The van der Waals surface area contributed by atoms with Gasteiger partial charge >= 0.3 is 6.61 Å². The highest BCUT2D eigenvalue weighted by Gasteiger charge is 2.18. The van der Waals surface area contributed by atoms with Crippen molar-refractivity contribution in [2.45, 2.75) is 45.9 Å². The molecular weight excluding hydrogens is 264 g/mol. The number of aliphatic hydroxyl groups excluding tert-OH is 1. The Morgan fingerprint density at radius 2 is 1.85 bits per heavy atom. The third-order valence-corrected chi connectivity index (χ3v) is 3.06. The van der Waals surface area contributed by atoms with Gasteiger partial charge in [0.05, 0.1) is 6.61 Å². The molecule has 0 heterocycles. The summed E-state index contributed by atoms with van der Waals surface area (Å²) in [5.41, 5.74) is 0.662. The molecule has 0 saturated carbocycles. The minimum atomic E-state index is -2.84. The standard InChI is InChI=1S/C15H23F2NO2/c1-10(2)8-12(9-19)18-11(3)13-6-4-5-7-14(13)20-15(16)17/h4-7,10-12,15,18-19H,8-9H2,1-3H3. The van der Waals surface area contributed by atoms with Crippen LogP contribution in [0.4, 0.5) is 8.78 Å². The van der Waals surface area contributed by atoms with Gasteiger partial charge in [0.1, 0.15) is 5.75 Å². The molecule has 0 saturated heterocycles. The van der Waals surface area contributed by atoms with E-state index in [9.17, 15) is 13.9 Å². The first-order valence-electron chi connectivity index (χ1n) is 6.84. The number of ether oxygens (including phenoxy) is 1. The molecule has 0 amide bonds. The number of rotatable bonds is 8. The second-order valence-corrected chi connectivity index (χ2v) is 5.31. The van der Waals surface area contributed by atoms with Gasteiger partial charge in [-0.1, -0.05) is 32.0 Å². The lowest BCUT2D eigenvalue weighted by Gasteiger charge is -2.24. The Kier molecular flexibility index (Phi) is 6.88. The Morgan fingerprint density at radius 1 is 1.20 bits per heavy atom. The van der Waals surface area contributed by atoms with Crippen LogP contribution in [0.5, 0.6) is 5.75 Å². The van der Waals surface area contributed by atoms with Crippen LogP contribution in [-0.2, 0) is 0 Å². The van der Waals surface area contributed by atoms with Crippen LogP contribution in [-0.4, -0.2) is 24.4 Å². The van der Waals surface area contributed by atoms with Gasteiger partial charge in [0.2, 0.25) is 0 Å². The fraction of sp³-hybridized carbons (Fsp3) is 0.600. The number of aliphatic hydroxyl groups is 1. The highest BCUT2D eigenvalue weighted by molar-refractivity contribution is 5.35. The number of hydrogen-bond donors (Lipinski definition) is 2. The predicted octanol–water partition coefficient (Wildman–Crippen LogP) is 3.35. The summed E-state index contributed by atoms with van der Waals surface area (Å²) in [5, 5.41) is 12.6. The maximum Gasteiger partial charge on any atom is 0.387 e. The van der Waals surface area contributed by atoms with Crippen LogP contribution in [0.3, 0.4) is 0 Å². The van der Waals surface area contributed by atoms with Gasteiger partial charge in [0, 0.05) is 17.6 Å². The van der Waals surface area contributed by atoms with Crippen LogP contribution >= 0.6 is 0 Å². The molecule has 0 aromatic heterocycles. The van der Waals surface area contributed by atoms with E-state index in [1.54, 1.807) is 18.2 Å². The smallest absolute Gasteiger partial charge is 0.387 e. The van der Waals surface area contributed by atoms with E-state index < -0.39 is 6.61 Å². The molecule has 0 aliphatic heterocycles. The van der Waals surface area contributed by atoms with Crippen molar-refractivity contribution in [2.24, 2.45) is 5.92 Å². The molecular formula is C15H23F2NO2. The van der Waals surface area contributed by atoms with Gasteiger partial charge in [-0.15, -0.1) is 0 Å². The molecule has 1 aromatic carbocycles. The van der Waals surface area contributed by atoms with Gasteiger partial charge in [-0.05, 0) is 25.3 Å². The largest absolute Gasteiger partial charge is 0.434 e. The molecule has 5 heteroatoms. The molecule has 0 spiro atoms. The average Bonchev–Trinajstić information content (AvgIpc) is 2.37. The summed E-state index contributed by atoms with van der Waals surface area (Å²) in [6.07, 6.45) is 0.818. The lowest BCUT2D eigenvalue weighted by Crippen LogP contribution is -2.35. The average molecular weight is 287 g/mol. The zero-order valence-electron chi connectivity index (χ0n) is 12.1. The van der Waals surface area contributed by atoms with E-state index in [1.165, 1.54) is 6.07 Å². The number of halogens is 2. The van der Waals surface area contributed by atoms with Gasteiger partial charge in [0.25, 0.3) is 0 Å². The van der Waals surface area contributed by atoms with E-state index in [2.05, 4.69) is 23.9 Å². The topological polar surface area (TPSA) is 41.5 Å². The van der Waals surface area contributed by atoms with Crippen molar-refractivity contribution in [2.75, 3.05) is 6.61 Å². The summed E-state index contributed by atoms with van der Waals surface area (Å²) in [4.78, 5) is 0.